The van der Waals surface area contributed by atoms with Gasteiger partial charge in [0.1, 0.15) is 11.1 Å². The van der Waals surface area contributed by atoms with Gasteiger partial charge in [-0.3, -0.25) is 0 Å². The number of fused-ring (bicyclic) bond motifs is 1. The van der Waals surface area contributed by atoms with Gasteiger partial charge in [0.2, 0.25) is 0 Å². The zero-order chi connectivity index (χ0) is 36.2. The molecule has 0 aliphatic heterocycles. The average Bonchev–Trinajstić information content (AvgIpc) is 3.95. The maximum absolute atomic E-state index is 12.8. The molecule has 0 aliphatic carbocycles. The minimum atomic E-state index is -0.867. The number of nitrogens with zero attached hydrogens (tertiary/aromatic N) is 7. The van der Waals surface area contributed by atoms with E-state index in [4.69, 9.17) is 15.0 Å². The maximum Gasteiger partial charge on any atom is 0.343 e. The van der Waals surface area contributed by atoms with Crippen molar-refractivity contribution in [3.63, 3.8) is 0 Å². The molecule has 0 radical (unpaired) electrons. The van der Waals surface area contributed by atoms with Gasteiger partial charge in [0.25, 0.3) is 0 Å². The molecule has 8 aromatic rings. The van der Waals surface area contributed by atoms with Crippen LogP contribution in [-0.4, -0.2) is 47.0 Å². The molecule has 0 saturated heterocycles. The molecule has 8 rings (SSSR count). The number of aryl methyl sites for hydroxylation is 1. The van der Waals surface area contributed by atoms with Crippen molar-refractivity contribution in [2.45, 2.75) is 38.8 Å². The highest BCUT2D eigenvalue weighted by atomic mass is 16.5. The predicted octanol–water partition coefficient (Wildman–Crippen LogP) is 8.47. The van der Waals surface area contributed by atoms with E-state index >= 15 is 0 Å². The number of aromatic nitrogens is 7. The van der Waals surface area contributed by atoms with Crippen molar-refractivity contribution < 1.29 is 9.53 Å². The van der Waals surface area contributed by atoms with Gasteiger partial charge in [0.05, 0.1) is 19.0 Å². The van der Waals surface area contributed by atoms with Crippen LogP contribution in [0.25, 0.3) is 28.2 Å². The van der Waals surface area contributed by atoms with Crippen molar-refractivity contribution in [1.29, 1.82) is 0 Å². The largest absolute Gasteiger partial charge is 0.462 e. The van der Waals surface area contributed by atoms with E-state index in [0.29, 0.717) is 24.5 Å². The van der Waals surface area contributed by atoms with Crippen molar-refractivity contribution in [3.8, 4) is 22.5 Å². The molecule has 9 nitrogen and oxygen atoms in total. The van der Waals surface area contributed by atoms with Crippen LogP contribution in [0.15, 0.2) is 152 Å². The molecular weight excluding hydrogens is 659 g/mol. The summed E-state index contributed by atoms with van der Waals surface area (Å²) >= 11 is 0. The number of imidazole rings is 1. The lowest BCUT2D eigenvalue weighted by Crippen LogP contribution is -2.39. The molecule has 0 fully saturated rings. The fourth-order valence-electron chi connectivity index (χ4n) is 7.44. The second kappa shape index (κ2) is 14.6. The molecule has 0 spiro atoms. The normalized spacial score (nSPS) is 11.6. The number of rotatable bonds is 12. The van der Waals surface area contributed by atoms with E-state index < -0.39 is 5.54 Å². The molecule has 0 N–H and O–H groups in total. The Kier molecular flexibility index (Phi) is 9.21. The fraction of sp³-hybridized carbons (Fsp3) is 0.159. The first-order valence-corrected chi connectivity index (χ1v) is 18.0. The van der Waals surface area contributed by atoms with Crippen LogP contribution in [-0.2, 0) is 23.2 Å². The summed E-state index contributed by atoms with van der Waals surface area (Å²) in [6.07, 6.45) is 5.44. The Morgan fingerprint density at radius 3 is 1.89 bits per heavy atom. The van der Waals surface area contributed by atoms with Crippen molar-refractivity contribution >= 4 is 11.6 Å². The van der Waals surface area contributed by atoms with Crippen molar-refractivity contribution in [2.75, 3.05) is 6.61 Å². The van der Waals surface area contributed by atoms with Gasteiger partial charge in [0, 0.05) is 17.8 Å². The number of esters is 1. The van der Waals surface area contributed by atoms with Gasteiger partial charge in [0.15, 0.2) is 11.5 Å². The number of hydrogen-bond acceptors (Lipinski definition) is 6. The summed E-state index contributed by atoms with van der Waals surface area (Å²) in [6, 6.07) is 48.1. The number of ether oxygens (including phenoxy) is 1. The Labute approximate surface area is 308 Å². The van der Waals surface area contributed by atoms with Crippen LogP contribution in [0.4, 0.5) is 0 Å². The molecule has 3 aromatic heterocycles. The predicted molar refractivity (Wildman–Crippen MR) is 206 cm³/mol. The third kappa shape index (κ3) is 6.00. The molecule has 0 atom stereocenters. The van der Waals surface area contributed by atoms with Crippen LogP contribution in [0.1, 0.15) is 58.6 Å². The Morgan fingerprint density at radius 1 is 0.717 bits per heavy atom. The summed E-state index contributed by atoms with van der Waals surface area (Å²) in [5.74, 6) is 0.280. The second-order valence-electron chi connectivity index (χ2n) is 13.0. The Balaban J connectivity index is 1.22. The van der Waals surface area contributed by atoms with E-state index in [1.807, 2.05) is 48.1 Å². The summed E-state index contributed by atoms with van der Waals surface area (Å²) < 4.78 is 11.3. The monoisotopic (exact) mass is 697 g/mol. The molecule has 262 valence electrons. The molecule has 0 bridgehead atoms. The fourth-order valence-corrected chi connectivity index (χ4v) is 7.44. The Hall–Kier alpha value is -6.61. The zero-order valence-corrected chi connectivity index (χ0v) is 29.7. The number of carbonyl (C=O) groups excluding carboxylic acids is 1. The van der Waals surface area contributed by atoms with Crippen molar-refractivity contribution in [1.82, 2.24) is 34.4 Å². The topological polar surface area (TPSA) is 92.1 Å². The van der Waals surface area contributed by atoms with Gasteiger partial charge in [-0.1, -0.05) is 153 Å². The summed E-state index contributed by atoms with van der Waals surface area (Å²) in [6.45, 7) is 4.85. The lowest BCUT2D eigenvalue weighted by molar-refractivity contribution is 0.0528. The first kappa shape index (κ1) is 33.5. The molecule has 0 aliphatic rings. The standard InChI is InChI=1S/C44H39N7O2/c1-3-16-37-31-50-42(40(29-45-50)43(52)53-4-2)49(37)30-32-25-27-33(28-26-32)38-23-14-15-24-39(38)41-46-47-48-51(41)44(34-17-8-5-9-18-34,35-19-10-6-11-20-35)36-21-12-7-13-22-36/h5-15,17-29,31H,3-4,16,30H2,1-2H3. The number of benzene rings is 5. The molecule has 9 heteroatoms. The quantitative estimate of drug-likeness (QED) is 0.0940. The number of carbonyl (C=O) groups is 1. The van der Waals surface area contributed by atoms with Gasteiger partial charge < -0.3 is 9.30 Å². The van der Waals surface area contributed by atoms with Crippen LogP contribution in [0.5, 0.6) is 0 Å². The van der Waals surface area contributed by atoms with E-state index in [2.05, 4.69) is 131 Å². The minimum absolute atomic E-state index is 0.305. The van der Waals surface area contributed by atoms with E-state index in [1.54, 1.807) is 10.7 Å². The summed E-state index contributed by atoms with van der Waals surface area (Å²) in [4.78, 5) is 12.8. The summed E-state index contributed by atoms with van der Waals surface area (Å²) in [5.41, 5.74) is 8.62. The highest BCUT2D eigenvalue weighted by Crippen LogP contribution is 2.43. The van der Waals surface area contributed by atoms with E-state index in [-0.39, 0.29) is 5.97 Å². The third-order valence-corrected chi connectivity index (χ3v) is 9.78. The van der Waals surface area contributed by atoms with Crippen LogP contribution in [0, 0.1) is 0 Å². The molecular formula is C44H39N7O2. The zero-order valence-electron chi connectivity index (χ0n) is 29.7. The van der Waals surface area contributed by atoms with Gasteiger partial charge >= 0.3 is 5.97 Å². The Bertz CT molecular complexity index is 2370. The lowest BCUT2D eigenvalue weighted by Gasteiger charge is -2.36. The van der Waals surface area contributed by atoms with E-state index in [1.165, 1.54) is 0 Å². The van der Waals surface area contributed by atoms with Crippen LogP contribution < -0.4 is 0 Å². The molecule has 0 unspecified atom stereocenters. The first-order valence-electron chi connectivity index (χ1n) is 18.0. The van der Waals surface area contributed by atoms with Crippen molar-refractivity contribution in [3.05, 3.63) is 185 Å². The smallest absolute Gasteiger partial charge is 0.343 e. The number of hydrogen-bond donors (Lipinski definition) is 0. The van der Waals surface area contributed by atoms with Crippen LogP contribution in [0.2, 0.25) is 0 Å². The van der Waals surface area contributed by atoms with E-state index in [0.717, 1.165) is 63.1 Å². The highest BCUT2D eigenvalue weighted by molar-refractivity contribution is 5.96. The van der Waals surface area contributed by atoms with Crippen LogP contribution >= 0.6 is 0 Å². The van der Waals surface area contributed by atoms with Gasteiger partial charge in [-0.25, -0.2) is 14.0 Å². The van der Waals surface area contributed by atoms with Crippen LogP contribution in [0.3, 0.4) is 0 Å². The lowest BCUT2D eigenvalue weighted by atomic mass is 9.77. The van der Waals surface area contributed by atoms with Gasteiger partial charge in [-0.15, -0.1) is 5.10 Å². The number of tetrazole rings is 1. The van der Waals surface area contributed by atoms with Gasteiger partial charge in [-0.2, -0.15) is 5.10 Å². The second-order valence-corrected chi connectivity index (χ2v) is 13.0. The molecule has 0 amide bonds. The minimum Gasteiger partial charge on any atom is -0.462 e. The van der Waals surface area contributed by atoms with Crippen molar-refractivity contribution in [2.24, 2.45) is 0 Å². The summed E-state index contributed by atoms with van der Waals surface area (Å²) in [7, 11) is 0. The highest BCUT2D eigenvalue weighted by Gasteiger charge is 2.42. The molecule has 3 heterocycles. The molecule has 53 heavy (non-hydrogen) atoms. The van der Waals surface area contributed by atoms with E-state index in [9.17, 15) is 4.79 Å². The maximum atomic E-state index is 12.8. The first-order chi connectivity index (χ1) is 26.1. The molecule has 5 aromatic carbocycles. The molecule has 0 saturated carbocycles. The summed E-state index contributed by atoms with van der Waals surface area (Å²) in [5, 5.41) is 18.3. The third-order valence-electron chi connectivity index (χ3n) is 9.78. The Morgan fingerprint density at radius 2 is 1.30 bits per heavy atom. The average molecular weight is 698 g/mol. The SMILES string of the molecule is CCCc1cn2ncc(C(=O)OCC)c2n1Cc1ccc(-c2ccccc2-c2nnnn2C(c2ccccc2)(c2ccccc2)c2ccccc2)cc1. The van der Waals surface area contributed by atoms with Gasteiger partial charge in [-0.05, 0) is 57.2 Å².